The van der Waals surface area contributed by atoms with Gasteiger partial charge in [0.2, 0.25) is 5.88 Å². The summed E-state index contributed by atoms with van der Waals surface area (Å²) in [6, 6.07) is 9.79. The molecule has 0 atom stereocenters. The lowest BCUT2D eigenvalue weighted by molar-refractivity contribution is 0.177. The second-order valence-corrected chi connectivity index (χ2v) is 5.02. The minimum absolute atomic E-state index is 0.345. The summed E-state index contributed by atoms with van der Waals surface area (Å²) in [6.45, 7) is 4.65. The molecule has 0 aliphatic rings. The average molecular weight is 287 g/mol. The predicted octanol–water partition coefficient (Wildman–Crippen LogP) is 3.58. The van der Waals surface area contributed by atoms with Crippen molar-refractivity contribution in [2.75, 3.05) is 19.5 Å². The summed E-state index contributed by atoms with van der Waals surface area (Å²) in [5.41, 5.74) is 1.23. The third-order valence-electron chi connectivity index (χ3n) is 3.03. The molecule has 0 amide bonds. The third kappa shape index (κ3) is 4.16. The Morgan fingerprint density at radius 1 is 1.19 bits per heavy atom. The summed E-state index contributed by atoms with van der Waals surface area (Å²) in [5, 5.41) is 2.99. The van der Waals surface area contributed by atoms with Crippen molar-refractivity contribution in [3.63, 3.8) is 0 Å². The fraction of sp³-hybridized carbons (Fsp3) is 0.375. The average Bonchev–Trinajstić information content (AvgIpc) is 2.47. The first-order chi connectivity index (χ1) is 10.1. The highest BCUT2D eigenvalue weighted by atomic mass is 16.5. The standard InChI is InChI=1S/C16H21N3O2/c1-11(2)12-6-5-7-13(8-12)21-16-9-14(17-3)18-15(19-16)10-20-4/h5-9,11H,10H2,1-4H3,(H,17,18,19). The molecule has 0 saturated carbocycles. The largest absolute Gasteiger partial charge is 0.439 e. The second-order valence-electron chi connectivity index (χ2n) is 5.02. The molecule has 21 heavy (non-hydrogen) atoms. The van der Waals surface area contributed by atoms with Crippen LogP contribution < -0.4 is 10.1 Å². The van der Waals surface area contributed by atoms with E-state index in [0.29, 0.717) is 30.0 Å². The molecule has 1 aromatic heterocycles. The Morgan fingerprint density at radius 2 is 2.00 bits per heavy atom. The Morgan fingerprint density at radius 3 is 2.67 bits per heavy atom. The highest BCUT2D eigenvalue weighted by Gasteiger charge is 2.07. The van der Waals surface area contributed by atoms with E-state index in [0.717, 1.165) is 5.75 Å². The first kappa shape index (κ1) is 15.3. The number of rotatable bonds is 6. The van der Waals surface area contributed by atoms with E-state index in [-0.39, 0.29) is 0 Å². The molecule has 1 N–H and O–H groups in total. The van der Waals surface area contributed by atoms with Crippen LogP contribution in [-0.2, 0) is 11.3 Å². The van der Waals surface area contributed by atoms with E-state index in [2.05, 4.69) is 35.2 Å². The van der Waals surface area contributed by atoms with E-state index in [9.17, 15) is 0 Å². The molecule has 1 heterocycles. The van der Waals surface area contributed by atoms with Gasteiger partial charge in [-0.05, 0) is 23.6 Å². The molecule has 0 unspecified atom stereocenters. The summed E-state index contributed by atoms with van der Waals surface area (Å²) < 4.78 is 10.9. The lowest BCUT2D eigenvalue weighted by Crippen LogP contribution is -2.03. The summed E-state index contributed by atoms with van der Waals surface area (Å²) >= 11 is 0. The first-order valence-electron chi connectivity index (χ1n) is 6.95. The van der Waals surface area contributed by atoms with Crippen LogP contribution in [0.3, 0.4) is 0 Å². The van der Waals surface area contributed by atoms with Gasteiger partial charge >= 0.3 is 0 Å². The normalized spacial score (nSPS) is 10.7. The number of aromatic nitrogens is 2. The van der Waals surface area contributed by atoms with Crippen molar-refractivity contribution in [1.82, 2.24) is 9.97 Å². The lowest BCUT2D eigenvalue weighted by Gasteiger charge is -2.11. The van der Waals surface area contributed by atoms with Crippen molar-refractivity contribution < 1.29 is 9.47 Å². The van der Waals surface area contributed by atoms with E-state index in [1.807, 2.05) is 25.2 Å². The van der Waals surface area contributed by atoms with Crippen molar-refractivity contribution in [1.29, 1.82) is 0 Å². The summed E-state index contributed by atoms with van der Waals surface area (Å²) in [4.78, 5) is 8.64. The molecule has 0 saturated heterocycles. The maximum absolute atomic E-state index is 5.85. The van der Waals surface area contributed by atoms with Gasteiger partial charge in [0, 0.05) is 20.2 Å². The van der Waals surface area contributed by atoms with E-state index in [4.69, 9.17) is 9.47 Å². The van der Waals surface area contributed by atoms with Gasteiger partial charge in [0.05, 0.1) is 0 Å². The van der Waals surface area contributed by atoms with Crippen LogP contribution in [0.25, 0.3) is 0 Å². The van der Waals surface area contributed by atoms with Gasteiger partial charge in [0.1, 0.15) is 18.2 Å². The van der Waals surface area contributed by atoms with E-state index in [1.54, 1.807) is 13.2 Å². The molecular weight excluding hydrogens is 266 g/mol. The number of hydrogen-bond acceptors (Lipinski definition) is 5. The fourth-order valence-corrected chi connectivity index (χ4v) is 1.90. The van der Waals surface area contributed by atoms with Crippen molar-refractivity contribution in [2.45, 2.75) is 26.4 Å². The molecule has 0 radical (unpaired) electrons. The van der Waals surface area contributed by atoms with Gasteiger partial charge in [0.15, 0.2) is 5.82 Å². The van der Waals surface area contributed by atoms with Crippen LogP contribution in [-0.4, -0.2) is 24.1 Å². The SMILES string of the molecule is CNc1cc(Oc2cccc(C(C)C)c2)nc(COC)n1. The molecule has 0 aliphatic carbocycles. The summed E-state index contributed by atoms with van der Waals surface area (Å²) in [5.74, 6) is 3.01. The zero-order valence-corrected chi connectivity index (χ0v) is 12.9. The number of methoxy groups -OCH3 is 1. The van der Waals surface area contributed by atoms with Gasteiger partial charge in [-0.15, -0.1) is 0 Å². The van der Waals surface area contributed by atoms with Crippen LogP contribution >= 0.6 is 0 Å². The zero-order chi connectivity index (χ0) is 15.2. The number of anilines is 1. The Balaban J connectivity index is 2.25. The molecule has 0 bridgehead atoms. The smallest absolute Gasteiger partial charge is 0.224 e. The molecule has 0 aliphatic heterocycles. The number of benzene rings is 1. The quantitative estimate of drug-likeness (QED) is 0.880. The summed E-state index contributed by atoms with van der Waals surface area (Å²) in [6.07, 6.45) is 0. The molecular formula is C16H21N3O2. The van der Waals surface area contributed by atoms with Crippen molar-refractivity contribution in [3.8, 4) is 11.6 Å². The fourth-order valence-electron chi connectivity index (χ4n) is 1.90. The van der Waals surface area contributed by atoms with Crippen LogP contribution in [0.15, 0.2) is 30.3 Å². The minimum atomic E-state index is 0.345. The van der Waals surface area contributed by atoms with Crippen molar-refractivity contribution in [2.24, 2.45) is 0 Å². The molecule has 2 aromatic rings. The van der Waals surface area contributed by atoms with Gasteiger partial charge in [0.25, 0.3) is 0 Å². The Bertz CT molecular complexity index is 600. The molecule has 112 valence electrons. The molecule has 5 nitrogen and oxygen atoms in total. The Kier molecular flexibility index (Phi) is 5.11. The van der Waals surface area contributed by atoms with Crippen LogP contribution in [0.4, 0.5) is 5.82 Å². The molecule has 0 fully saturated rings. The maximum atomic E-state index is 5.85. The highest BCUT2D eigenvalue weighted by molar-refractivity contribution is 5.40. The van der Waals surface area contributed by atoms with Gasteiger partial charge in [-0.1, -0.05) is 26.0 Å². The van der Waals surface area contributed by atoms with Crippen LogP contribution in [0.5, 0.6) is 11.6 Å². The Labute approximate surface area is 125 Å². The zero-order valence-electron chi connectivity index (χ0n) is 12.9. The van der Waals surface area contributed by atoms with Gasteiger partial charge in [-0.25, -0.2) is 4.98 Å². The molecule has 1 aromatic carbocycles. The number of ether oxygens (including phenoxy) is 2. The van der Waals surface area contributed by atoms with Crippen molar-refractivity contribution in [3.05, 3.63) is 41.7 Å². The van der Waals surface area contributed by atoms with E-state index in [1.165, 1.54) is 5.56 Å². The monoisotopic (exact) mass is 287 g/mol. The van der Waals surface area contributed by atoms with E-state index < -0.39 is 0 Å². The second kappa shape index (κ2) is 7.04. The van der Waals surface area contributed by atoms with Crippen LogP contribution in [0.1, 0.15) is 31.2 Å². The van der Waals surface area contributed by atoms with E-state index >= 15 is 0 Å². The minimum Gasteiger partial charge on any atom is -0.439 e. The number of hydrogen-bond donors (Lipinski definition) is 1. The van der Waals surface area contributed by atoms with Gasteiger partial charge < -0.3 is 14.8 Å². The third-order valence-corrected chi connectivity index (χ3v) is 3.03. The van der Waals surface area contributed by atoms with Gasteiger partial charge in [-0.2, -0.15) is 4.98 Å². The first-order valence-corrected chi connectivity index (χ1v) is 6.95. The molecule has 2 rings (SSSR count). The summed E-state index contributed by atoms with van der Waals surface area (Å²) in [7, 11) is 3.42. The van der Waals surface area contributed by atoms with Crippen LogP contribution in [0, 0.1) is 0 Å². The highest BCUT2D eigenvalue weighted by Crippen LogP contribution is 2.25. The predicted molar refractivity (Wildman–Crippen MR) is 82.9 cm³/mol. The van der Waals surface area contributed by atoms with Crippen LogP contribution in [0.2, 0.25) is 0 Å². The lowest BCUT2D eigenvalue weighted by atomic mass is 10.0. The van der Waals surface area contributed by atoms with Crippen molar-refractivity contribution >= 4 is 5.82 Å². The number of nitrogens with zero attached hydrogens (tertiary/aromatic N) is 2. The molecule has 5 heteroatoms. The van der Waals surface area contributed by atoms with Gasteiger partial charge in [-0.3, -0.25) is 0 Å². The number of nitrogens with one attached hydrogen (secondary N) is 1. The Hall–Kier alpha value is -2.14. The topological polar surface area (TPSA) is 56.3 Å². The maximum Gasteiger partial charge on any atom is 0.224 e. The molecule has 0 spiro atoms.